The van der Waals surface area contributed by atoms with Gasteiger partial charge in [-0.25, -0.2) is 0 Å². The van der Waals surface area contributed by atoms with Crippen LogP contribution in [0.15, 0.2) is 22.6 Å². The maximum Gasteiger partial charge on any atom is 0.138 e. The summed E-state index contributed by atoms with van der Waals surface area (Å²) >= 11 is 0. The van der Waals surface area contributed by atoms with Gasteiger partial charge < -0.3 is 9.73 Å². The highest BCUT2D eigenvalue weighted by molar-refractivity contribution is 5.86. The van der Waals surface area contributed by atoms with Gasteiger partial charge in [-0.3, -0.25) is 0 Å². The highest BCUT2D eigenvalue weighted by Gasteiger charge is 2.19. The van der Waals surface area contributed by atoms with Crippen LogP contribution in [-0.4, -0.2) is 7.05 Å². The van der Waals surface area contributed by atoms with Crippen LogP contribution >= 0.6 is 0 Å². The van der Waals surface area contributed by atoms with E-state index in [9.17, 15) is 0 Å². The molecular weight excluding hydrogens is 234 g/mol. The highest BCUT2D eigenvalue weighted by Crippen LogP contribution is 2.36. The first-order chi connectivity index (χ1) is 9.10. The second-order valence-electron chi connectivity index (χ2n) is 5.66. The van der Waals surface area contributed by atoms with Gasteiger partial charge in [0, 0.05) is 10.9 Å². The zero-order valence-electron chi connectivity index (χ0n) is 12.7. The van der Waals surface area contributed by atoms with E-state index >= 15 is 0 Å². The largest absolute Gasteiger partial charge is 0.459 e. The summed E-state index contributed by atoms with van der Waals surface area (Å²) in [5.74, 6) is 2.11. The molecule has 0 saturated carbocycles. The molecule has 1 aromatic carbocycles. The van der Waals surface area contributed by atoms with E-state index in [1.54, 1.807) is 0 Å². The minimum Gasteiger partial charge on any atom is -0.459 e. The van der Waals surface area contributed by atoms with Crippen molar-refractivity contribution in [3.05, 3.63) is 35.1 Å². The van der Waals surface area contributed by atoms with E-state index in [4.69, 9.17) is 4.42 Å². The van der Waals surface area contributed by atoms with Crippen molar-refractivity contribution in [2.75, 3.05) is 7.05 Å². The molecule has 1 N–H and O–H groups in total. The molecule has 0 fully saturated rings. The molecule has 1 heterocycles. The van der Waals surface area contributed by atoms with Crippen LogP contribution in [0.1, 0.15) is 62.8 Å². The van der Waals surface area contributed by atoms with Crippen molar-refractivity contribution in [1.82, 2.24) is 5.32 Å². The van der Waals surface area contributed by atoms with E-state index in [2.05, 4.69) is 51.2 Å². The molecule has 1 unspecified atom stereocenters. The number of rotatable bonds is 5. The fourth-order valence-corrected chi connectivity index (χ4v) is 2.74. The van der Waals surface area contributed by atoms with E-state index < -0.39 is 0 Å². The summed E-state index contributed by atoms with van der Waals surface area (Å²) in [6, 6.07) is 6.56. The van der Waals surface area contributed by atoms with Gasteiger partial charge >= 0.3 is 0 Å². The molecule has 2 aromatic rings. The second-order valence-corrected chi connectivity index (χ2v) is 5.66. The number of hydrogen-bond donors (Lipinski definition) is 1. The van der Waals surface area contributed by atoms with Crippen LogP contribution in [0.5, 0.6) is 0 Å². The minimum atomic E-state index is 0.483. The average molecular weight is 259 g/mol. The third-order valence-electron chi connectivity index (χ3n) is 3.92. The van der Waals surface area contributed by atoms with Gasteiger partial charge in [0.1, 0.15) is 11.3 Å². The van der Waals surface area contributed by atoms with Gasteiger partial charge in [-0.15, -0.1) is 0 Å². The topological polar surface area (TPSA) is 25.2 Å². The van der Waals surface area contributed by atoms with Gasteiger partial charge in [-0.05, 0) is 30.9 Å². The van der Waals surface area contributed by atoms with Crippen LogP contribution in [0.25, 0.3) is 11.0 Å². The van der Waals surface area contributed by atoms with E-state index in [0.717, 1.165) is 24.3 Å². The van der Waals surface area contributed by atoms with Crippen molar-refractivity contribution >= 4 is 11.0 Å². The molecule has 104 valence electrons. The normalized spacial score (nSPS) is 13.4. The Balaban J connectivity index is 2.67. The predicted molar refractivity (Wildman–Crippen MR) is 81.8 cm³/mol. The molecule has 0 aliphatic carbocycles. The van der Waals surface area contributed by atoms with Gasteiger partial charge in [-0.2, -0.15) is 0 Å². The molecule has 2 heteroatoms. The Labute approximate surface area is 116 Å². The van der Waals surface area contributed by atoms with Gasteiger partial charge in [0.05, 0.1) is 6.54 Å². The van der Waals surface area contributed by atoms with Crippen molar-refractivity contribution < 1.29 is 4.42 Å². The Hall–Kier alpha value is -1.28. The number of nitrogens with one attached hydrogen (secondary N) is 1. The molecular formula is C17H25NO. The summed E-state index contributed by atoms with van der Waals surface area (Å²) in [5, 5.41) is 4.50. The Morgan fingerprint density at radius 1 is 1.21 bits per heavy atom. The van der Waals surface area contributed by atoms with Crippen molar-refractivity contribution in [2.24, 2.45) is 0 Å². The first kappa shape index (κ1) is 14.1. The summed E-state index contributed by atoms with van der Waals surface area (Å²) < 4.78 is 6.19. The Bertz CT molecular complexity index is 554. The summed E-state index contributed by atoms with van der Waals surface area (Å²) in [7, 11) is 1.97. The number of fused-ring (bicyclic) bond motifs is 1. The molecule has 0 aliphatic rings. The van der Waals surface area contributed by atoms with Crippen LogP contribution in [0, 0.1) is 0 Å². The lowest BCUT2D eigenvalue weighted by Crippen LogP contribution is -2.06. The number of furan rings is 1. The molecule has 0 saturated heterocycles. The fourth-order valence-electron chi connectivity index (χ4n) is 2.74. The van der Waals surface area contributed by atoms with Gasteiger partial charge in [-0.1, -0.05) is 45.9 Å². The lowest BCUT2D eigenvalue weighted by molar-refractivity contribution is 0.515. The monoisotopic (exact) mass is 259 g/mol. The second kappa shape index (κ2) is 5.79. The fraction of sp³-hybridized carbons (Fsp3) is 0.529. The molecule has 0 aliphatic heterocycles. The minimum absolute atomic E-state index is 0.483. The van der Waals surface area contributed by atoms with Crippen LogP contribution in [0.2, 0.25) is 0 Å². The van der Waals surface area contributed by atoms with Crippen molar-refractivity contribution in [2.45, 2.75) is 52.5 Å². The Morgan fingerprint density at radius 3 is 2.53 bits per heavy atom. The molecule has 1 aromatic heterocycles. The van der Waals surface area contributed by atoms with Gasteiger partial charge in [0.15, 0.2) is 0 Å². The summed E-state index contributed by atoms with van der Waals surface area (Å²) in [6.45, 7) is 9.76. The quantitative estimate of drug-likeness (QED) is 0.835. The van der Waals surface area contributed by atoms with Crippen LogP contribution in [-0.2, 0) is 6.54 Å². The maximum absolute atomic E-state index is 6.19. The molecule has 0 bridgehead atoms. The molecule has 2 rings (SSSR count). The van der Waals surface area contributed by atoms with E-state index in [0.29, 0.717) is 11.8 Å². The Kier molecular flexibility index (Phi) is 4.31. The lowest BCUT2D eigenvalue weighted by Gasteiger charge is -2.09. The lowest BCUT2D eigenvalue weighted by atomic mass is 9.93. The smallest absolute Gasteiger partial charge is 0.138 e. The number of benzene rings is 1. The highest BCUT2D eigenvalue weighted by atomic mass is 16.3. The SMILES string of the molecule is CCC(C)c1cccc2c(C(C)C)c(CNC)oc12. The van der Waals surface area contributed by atoms with E-state index in [1.165, 1.54) is 16.5 Å². The summed E-state index contributed by atoms with van der Waals surface area (Å²) in [4.78, 5) is 0. The summed E-state index contributed by atoms with van der Waals surface area (Å²) in [6.07, 6.45) is 1.14. The van der Waals surface area contributed by atoms with Crippen molar-refractivity contribution in [3.8, 4) is 0 Å². The molecule has 0 spiro atoms. The molecule has 2 nitrogen and oxygen atoms in total. The summed E-state index contributed by atoms with van der Waals surface area (Å²) in [5.41, 5.74) is 3.78. The molecule has 19 heavy (non-hydrogen) atoms. The molecule has 0 radical (unpaired) electrons. The first-order valence-corrected chi connectivity index (χ1v) is 7.28. The number of hydrogen-bond acceptors (Lipinski definition) is 2. The van der Waals surface area contributed by atoms with E-state index in [-0.39, 0.29) is 0 Å². The zero-order valence-corrected chi connectivity index (χ0v) is 12.7. The number of para-hydroxylation sites is 1. The third kappa shape index (κ3) is 2.55. The third-order valence-corrected chi connectivity index (χ3v) is 3.92. The predicted octanol–water partition coefficient (Wildman–Crippen LogP) is 4.79. The van der Waals surface area contributed by atoms with Crippen LogP contribution < -0.4 is 5.32 Å². The average Bonchev–Trinajstić information content (AvgIpc) is 2.76. The zero-order chi connectivity index (χ0) is 14.0. The van der Waals surface area contributed by atoms with Crippen molar-refractivity contribution in [1.29, 1.82) is 0 Å². The molecule has 1 atom stereocenters. The standard InChI is InChI=1S/C17H25NO/c1-6-12(4)13-8-7-9-14-16(11(2)3)15(10-18-5)19-17(13)14/h7-9,11-12,18H,6,10H2,1-5H3. The Morgan fingerprint density at radius 2 is 1.95 bits per heavy atom. The molecule has 0 amide bonds. The first-order valence-electron chi connectivity index (χ1n) is 7.28. The van der Waals surface area contributed by atoms with Crippen molar-refractivity contribution in [3.63, 3.8) is 0 Å². The maximum atomic E-state index is 6.19. The van der Waals surface area contributed by atoms with Gasteiger partial charge in [0.2, 0.25) is 0 Å². The van der Waals surface area contributed by atoms with Crippen LogP contribution in [0.4, 0.5) is 0 Å². The van der Waals surface area contributed by atoms with Crippen LogP contribution in [0.3, 0.4) is 0 Å². The van der Waals surface area contributed by atoms with Gasteiger partial charge in [0.25, 0.3) is 0 Å². The van der Waals surface area contributed by atoms with E-state index in [1.807, 2.05) is 7.05 Å².